The van der Waals surface area contributed by atoms with E-state index in [1.807, 2.05) is 6.88 Å². The van der Waals surface area contributed by atoms with Crippen molar-refractivity contribution in [3.05, 3.63) is 73.5 Å². The van der Waals surface area contributed by atoms with E-state index in [1.54, 1.807) is 45.6 Å². The molecule has 2 aliphatic carbocycles. The van der Waals surface area contributed by atoms with Crippen molar-refractivity contribution in [1.29, 1.82) is 0 Å². The molecule has 0 heterocycles. The molecule has 2 aliphatic rings. The third kappa shape index (κ3) is 10.1. The number of hydrogen-bond acceptors (Lipinski definition) is 1. The second-order valence-corrected chi connectivity index (χ2v) is 5.57. The number of aliphatic hydroxyl groups excluding tert-OH is 1. The largest absolute Gasteiger partial charge is 0.210 e. The van der Waals surface area contributed by atoms with Gasteiger partial charge in [0, 0.05) is 7.11 Å². The van der Waals surface area contributed by atoms with Crippen LogP contribution in [0.15, 0.2) is 36.4 Å². The molecule has 1 nitrogen and oxygen atoms in total. The molecule has 4 heteroatoms. The summed E-state index contributed by atoms with van der Waals surface area (Å²) in [6.07, 6.45) is 10.9. The first-order valence-electron chi connectivity index (χ1n) is 8.20. The van der Waals surface area contributed by atoms with E-state index in [4.69, 9.17) is 5.11 Å². The van der Waals surface area contributed by atoms with Crippen molar-refractivity contribution in [3.63, 3.8) is 0 Å². The Morgan fingerprint density at radius 2 is 1.08 bits per heavy atom. The van der Waals surface area contributed by atoms with Crippen molar-refractivity contribution in [2.24, 2.45) is 0 Å². The predicted octanol–water partition coefficient (Wildman–Crippen LogP) is 4.58. The van der Waals surface area contributed by atoms with Crippen LogP contribution in [0.25, 0.3) is 0 Å². The van der Waals surface area contributed by atoms with E-state index in [1.165, 1.54) is 51.4 Å². The molecule has 25 heavy (non-hydrogen) atoms. The van der Waals surface area contributed by atoms with Gasteiger partial charge in [-0.25, -0.2) is 12.1 Å². The van der Waals surface area contributed by atoms with Gasteiger partial charge in [0.25, 0.3) is 0 Å². The normalized spacial score (nSPS) is 12.8. The fraction of sp³-hybridized carbons (Fsp3) is 0.429. The maximum absolute atomic E-state index is 7.00. The summed E-state index contributed by atoms with van der Waals surface area (Å²) in [5.41, 5.74) is 6.39. The minimum atomic E-state index is 0. The monoisotopic (exact) mass is 456 g/mol. The van der Waals surface area contributed by atoms with E-state index < -0.39 is 0 Å². The van der Waals surface area contributed by atoms with Crippen molar-refractivity contribution in [2.75, 3.05) is 7.11 Å². The molecule has 0 unspecified atom stereocenters. The zero-order valence-corrected chi connectivity index (χ0v) is 20.9. The molecule has 0 aromatic heterocycles. The first-order valence-corrected chi connectivity index (χ1v) is 14.1. The average molecular weight is 458 g/mol. The van der Waals surface area contributed by atoms with Crippen LogP contribution >= 0.6 is 12.4 Å². The van der Waals surface area contributed by atoms with E-state index in [2.05, 4.69) is 36.4 Å². The maximum Gasteiger partial charge on any atom is -0.0512 e. The summed E-state index contributed by atoms with van der Waals surface area (Å²) in [5.74, 6) is 0. The van der Waals surface area contributed by atoms with Crippen LogP contribution in [0.1, 0.15) is 47.9 Å². The van der Waals surface area contributed by atoms with Crippen molar-refractivity contribution in [1.82, 2.24) is 0 Å². The number of aliphatic hydroxyl groups is 1. The Morgan fingerprint density at radius 1 is 0.760 bits per heavy atom. The smallest absolute Gasteiger partial charge is 0.0512 e. The zero-order valence-electron chi connectivity index (χ0n) is 16.2. The standard InChI is InChI=1S/2C9H11.CH4O.2CH3.ClH.H2Si.Zr/c2*1-2-5-9-7-3-6-8(9)4-1;1-2;;;;;/h2*3,6-7H,1-2,4-5H2;2H,1H3;2*1H3;1H;1H2;/q2*-1;;2*-1;;;. The number of halogens is 1. The van der Waals surface area contributed by atoms with Gasteiger partial charge in [-0.05, 0) is 0 Å². The number of aryl methyl sites for hydroxylation is 4. The van der Waals surface area contributed by atoms with E-state index in [-0.39, 0.29) is 27.3 Å². The van der Waals surface area contributed by atoms with Gasteiger partial charge >= 0.3 is 30.2 Å². The van der Waals surface area contributed by atoms with Crippen molar-refractivity contribution < 1.29 is 28.4 Å². The van der Waals surface area contributed by atoms with Crippen LogP contribution in [0, 0.1) is 14.9 Å². The topological polar surface area (TPSA) is 20.2 Å². The summed E-state index contributed by atoms with van der Waals surface area (Å²) >= 11 is 1.58. The number of hydrogen-bond donors (Lipinski definition) is 1. The Morgan fingerprint density at radius 3 is 1.40 bits per heavy atom. The van der Waals surface area contributed by atoms with E-state index >= 15 is 0 Å². The SMILES string of the molecule is CO.Cl.[CH3-].[CH3-].[SiH2]=[Zr].c1cc2c([cH-]1)CCCC2.c1cc2c([cH-]1)CCCC2. The van der Waals surface area contributed by atoms with Gasteiger partial charge in [-0.15, -0.1) is 12.4 Å². The van der Waals surface area contributed by atoms with Crippen LogP contribution in [0.5, 0.6) is 0 Å². The van der Waals surface area contributed by atoms with Gasteiger partial charge in [-0.3, -0.25) is 0 Å². The molecule has 2 aromatic rings. The van der Waals surface area contributed by atoms with Gasteiger partial charge in [0.1, 0.15) is 0 Å². The predicted molar refractivity (Wildman–Crippen MR) is 114 cm³/mol. The Kier molecular flexibility index (Phi) is 22.4. The van der Waals surface area contributed by atoms with Gasteiger partial charge < -0.3 is 20.0 Å². The molecule has 0 radical (unpaired) electrons. The fourth-order valence-electron chi connectivity index (χ4n) is 3.23. The van der Waals surface area contributed by atoms with Crippen molar-refractivity contribution in [3.8, 4) is 0 Å². The second kappa shape index (κ2) is 18.8. The van der Waals surface area contributed by atoms with Crippen LogP contribution < -0.4 is 0 Å². The van der Waals surface area contributed by atoms with E-state index in [9.17, 15) is 0 Å². The summed E-state index contributed by atoms with van der Waals surface area (Å²) in [4.78, 5) is 0. The molecule has 4 rings (SSSR count). The fourth-order valence-corrected chi connectivity index (χ4v) is 3.23. The summed E-state index contributed by atoms with van der Waals surface area (Å²) in [5, 5.41) is 7.00. The maximum atomic E-state index is 7.00. The first kappa shape index (κ1) is 29.8. The second-order valence-electron chi connectivity index (χ2n) is 5.57. The molecule has 0 aliphatic heterocycles. The molecule has 0 atom stereocenters. The minimum Gasteiger partial charge on any atom is -0.210 e. The Balaban J connectivity index is -0.000000294. The molecule has 1 N–H and O–H groups in total. The van der Waals surface area contributed by atoms with E-state index in [0.29, 0.717) is 0 Å². The molecule has 0 bridgehead atoms. The summed E-state index contributed by atoms with van der Waals surface area (Å²) in [6, 6.07) is 13.4. The van der Waals surface area contributed by atoms with Gasteiger partial charge in [-0.2, -0.15) is 46.5 Å². The first-order chi connectivity index (χ1) is 10.9. The quantitative estimate of drug-likeness (QED) is 0.453. The van der Waals surface area contributed by atoms with Crippen LogP contribution in [0.2, 0.25) is 0 Å². The van der Waals surface area contributed by atoms with Gasteiger partial charge in [0.05, 0.1) is 0 Å². The Hall–Kier alpha value is 0.0500. The molecule has 0 saturated heterocycles. The van der Waals surface area contributed by atoms with Crippen LogP contribution in [-0.4, -0.2) is 19.1 Å². The van der Waals surface area contributed by atoms with Crippen LogP contribution in [0.3, 0.4) is 0 Å². The van der Waals surface area contributed by atoms with Crippen molar-refractivity contribution in [2.45, 2.75) is 51.4 Å². The van der Waals surface area contributed by atoms with Gasteiger partial charge in [-0.1, -0.05) is 51.4 Å². The molecule has 0 amide bonds. The van der Waals surface area contributed by atoms with E-state index in [0.717, 1.165) is 7.11 Å². The van der Waals surface area contributed by atoms with Crippen LogP contribution in [-0.2, 0) is 49.0 Å². The molecule has 2 aromatic carbocycles. The molecular formula is C21H35ClOSiZr-4. The van der Waals surface area contributed by atoms with Crippen molar-refractivity contribution >= 4 is 19.3 Å². The third-order valence-electron chi connectivity index (χ3n) is 4.30. The summed E-state index contributed by atoms with van der Waals surface area (Å²) < 4.78 is 0. The Bertz CT molecular complexity index is 434. The van der Waals surface area contributed by atoms with Gasteiger partial charge in [0.15, 0.2) is 0 Å². The molecule has 0 spiro atoms. The molecule has 144 valence electrons. The summed E-state index contributed by atoms with van der Waals surface area (Å²) in [6.45, 7) is 1.95. The average Bonchev–Trinajstić information content (AvgIpc) is 3.28. The number of rotatable bonds is 0. The van der Waals surface area contributed by atoms with Gasteiger partial charge in [0.2, 0.25) is 0 Å². The summed E-state index contributed by atoms with van der Waals surface area (Å²) in [7, 11) is 1.00. The minimum absolute atomic E-state index is 0. The number of fused-ring (bicyclic) bond motifs is 2. The van der Waals surface area contributed by atoms with Crippen LogP contribution in [0.4, 0.5) is 0 Å². The Labute approximate surface area is 179 Å². The molecular weight excluding hydrogens is 423 g/mol. The molecule has 0 saturated carbocycles. The zero-order chi connectivity index (χ0) is 16.2. The third-order valence-corrected chi connectivity index (χ3v) is 4.30. The molecule has 0 fully saturated rings.